The van der Waals surface area contributed by atoms with Gasteiger partial charge in [0.2, 0.25) is 0 Å². The highest BCUT2D eigenvalue weighted by Crippen LogP contribution is 2.17. The topological polar surface area (TPSA) is 0 Å². The summed E-state index contributed by atoms with van der Waals surface area (Å²) in [6.45, 7) is 8.83. The molecule has 0 heterocycles. The average Bonchev–Trinajstić information content (AvgIpc) is 2.29. The number of nitrogens with zero attached hydrogens (tertiary/aromatic N) is 2. The van der Waals surface area contributed by atoms with Crippen molar-refractivity contribution in [3.8, 4) is 23.7 Å². The first-order chi connectivity index (χ1) is 9.71. The highest BCUT2D eigenvalue weighted by atomic mass is 127. The molecule has 0 saturated heterocycles. The van der Waals surface area contributed by atoms with Crippen LogP contribution in [0.4, 0.5) is 0 Å². The van der Waals surface area contributed by atoms with Crippen molar-refractivity contribution in [2.24, 2.45) is 0 Å². The minimum absolute atomic E-state index is 0. The molecule has 0 aliphatic rings. The van der Waals surface area contributed by atoms with Gasteiger partial charge in [-0.2, -0.15) is 0 Å². The second-order valence-electron chi connectivity index (χ2n) is 8.95. The van der Waals surface area contributed by atoms with Crippen molar-refractivity contribution in [1.82, 2.24) is 0 Å². The lowest BCUT2D eigenvalue weighted by Crippen LogP contribution is -3.00. The van der Waals surface area contributed by atoms with Crippen LogP contribution < -0.4 is 48.0 Å². The first-order valence-corrected chi connectivity index (χ1v) is 8.34. The number of unbranched alkanes of at least 4 members (excludes halogenated alkanes) is 3. The summed E-state index contributed by atoms with van der Waals surface area (Å²) in [5, 5.41) is 0. The van der Waals surface area contributed by atoms with Gasteiger partial charge in [-0.05, 0) is 24.7 Å². The SMILES string of the molecule is CC(C)(C#CCCCCC#CC(C)(C)[N+](C)(C)C)[N+](C)(C)C.[I-].[I-]. The molecule has 0 rings (SSSR count). The summed E-state index contributed by atoms with van der Waals surface area (Å²) >= 11 is 0. The molecule has 4 heteroatoms. The third kappa shape index (κ3) is 10.5. The van der Waals surface area contributed by atoms with E-state index in [1.165, 1.54) is 0 Å². The molecular weight excluding hydrogens is 522 g/mol. The van der Waals surface area contributed by atoms with Gasteiger partial charge in [0.15, 0.2) is 11.1 Å². The monoisotopic (exact) mass is 560 g/mol. The maximum Gasteiger partial charge on any atom is 0.154 e. The Labute approximate surface area is 186 Å². The molecule has 0 aromatic heterocycles. The summed E-state index contributed by atoms with van der Waals surface area (Å²) in [4.78, 5) is 0. The van der Waals surface area contributed by atoms with Crippen molar-refractivity contribution in [2.45, 2.75) is 64.5 Å². The quantitative estimate of drug-likeness (QED) is 0.152. The minimum atomic E-state index is 0. The molecule has 0 bridgehead atoms. The highest BCUT2D eigenvalue weighted by Gasteiger charge is 2.30. The second kappa shape index (κ2) is 11.3. The molecule has 0 N–H and O–H groups in total. The summed E-state index contributed by atoms with van der Waals surface area (Å²) in [6, 6.07) is 0. The summed E-state index contributed by atoms with van der Waals surface area (Å²) in [6.07, 6.45) is 4.23. The van der Waals surface area contributed by atoms with Crippen LogP contribution in [-0.4, -0.2) is 62.3 Å². The summed E-state index contributed by atoms with van der Waals surface area (Å²) in [5.74, 6) is 13.5. The zero-order valence-corrected chi connectivity index (χ0v) is 21.8. The molecule has 142 valence electrons. The lowest BCUT2D eigenvalue weighted by atomic mass is 10.0. The molecular formula is C20H38I2N2. The lowest BCUT2D eigenvalue weighted by molar-refractivity contribution is -0.909. The molecule has 0 saturated carbocycles. The molecule has 2 nitrogen and oxygen atoms in total. The van der Waals surface area contributed by atoms with Crippen LogP contribution in [-0.2, 0) is 0 Å². The first kappa shape index (κ1) is 29.3. The Balaban J connectivity index is -0.00000220. The van der Waals surface area contributed by atoms with Crippen LogP contribution in [0, 0.1) is 23.7 Å². The Bertz CT molecular complexity index is 426. The van der Waals surface area contributed by atoms with E-state index in [-0.39, 0.29) is 59.0 Å². The maximum absolute atomic E-state index is 3.42. The Morgan fingerprint density at radius 3 is 1.04 bits per heavy atom. The molecule has 0 amide bonds. The van der Waals surface area contributed by atoms with Gasteiger partial charge in [0, 0.05) is 40.5 Å². The van der Waals surface area contributed by atoms with Crippen molar-refractivity contribution in [1.29, 1.82) is 0 Å². The molecule has 0 fully saturated rings. The van der Waals surface area contributed by atoms with E-state index >= 15 is 0 Å². The van der Waals surface area contributed by atoms with Crippen LogP contribution in [0.15, 0.2) is 0 Å². The summed E-state index contributed by atoms with van der Waals surface area (Å²) in [7, 11) is 13.2. The number of halogens is 2. The van der Waals surface area contributed by atoms with E-state index in [0.29, 0.717) is 0 Å². The van der Waals surface area contributed by atoms with Crippen molar-refractivity contribution < 1.29 is 56.9 Å². The summed E-state index contributed by atoms with van der Waals surface area (Å²) < 4.78 is 1.73. The summed E-state index contributed by atoms with van der Waals surface area (Å²) in [5.41, 5.74) is 0.0168. The van der Waals surface area contributed by atoms with Gasteiger partial charge in [-0.3, -0.25) is 0 Å². The van der Waals surface area contributed by atoms with Crippen LogP contribution in [0.5, 0.6) is 0 Å². The van der Waals surface area contributed by atoms with Crippen LogP contribution >= 0.6 is 0 Å². The van der Waals surface area contributed by atoms with Gasteiger partial charge >= 0.3 is 0 Å². The Morgan fingerprint density at radius 2 is 0.833 bits per heavy atom. The van der Waals surface area contributed by atoms with E-state index in [4.69, 9.17) is 0 Å². The van der Waals surface area contributed by atoms with E-state index in [2.05, 4.69) is 93.7 Å². The molecule has 0 aromatic rings. The normalized spacial score (nSPS) is 11.9. The van der Waals surface area contributed by atoms with Crippen molar-refractivity contribution in [3.05, 3.63) is 0 Å². The minimum Gasteiger partial charge on any atom is -1.00 e. The molecule has 0 spiro atoms. The van der Waals surface area contributed by atoms with E-state index in [1.54, 1.807) is 0 Å². The lowest BCUT2D eigenvalue weighted by Gasteiger charge is -2.37. The molecule has 0 unspecified atom stereocenters. The fraction of sp³-hybridized carbons (Fsp3) is 0.800. The number of hydrogen-bond acceptors (Lipinski definition) is 0. The van der Waals surface area contributed by atoms with Gasteiger partial charge in [0.25, 0.3) is 0 Å². The van der Waals surface area contributed by atoms with E-state index in [9.17, 15) is 0 Å². The zero-order valence-electron chi connectivity index (χ0n) is 17.5. The number of rotatable bonds is 5. The van der Waals surface area contributed by atoms with Crippen molar-refractivity contribution in [3.63, 3.8) is 0 Å². The van der Waals surface area contributed by atoms with E-state index in [0.717, 1.165) is 34.6 Å². The zero-order chi connectivity index (χ0) is 17.7. The molecule has 0 aliphatic carbocycles. The number of hydrogen-bond donors (Lipinski definition) is 0. The smallest absolute Gasteiger partial charge is 0.154 e. The molecule has 0 aromatic carbocycles. The Morgan fingerprint density at radius 1 is 0.583 bits per heavy atom. The van der Waals surface area contributed by atoms with Gasteiger partial charge in [-0.15, -0.1) is 0 Å². The van der Waals surface area contributed by atoms with Crippen LogP contribution in [0.1, 0.15) is 53.4 Å². The third-order valence-corrected chi connectivity index (χ3v) is 5.00. The fourth-order valence-corrected chi connectivity index (χ4v) is 1.32. The van der Waals surface area contributed by atoms with E-state index < -0.39 is 0 Å². The van der Waals surface area contributed by atoms with Gasteiger partial charge in [-0.25, -0.2) is 0 Å². The van der Waals surface area contributed by atoms with Crippen LogP contribution in [0.3, 0.4) is 0 Å². The first-order valence-electron chi connectivity index (χ1n) is 8.34. The predicted octanol–water partition coefficient (Wildman–Crippen LogP) is -2.47. The van der Waals surface area contributed by atoms with Crippen LogP contribution in [0.2, 0.25) is 0 Å². The Kier molecular flexibility index (Phi) is 13.7. The van der Waals surface area contributed by atoms with Crippen LogP contribution in [0.25, 0.3) is 0 Å². The van der Waals surface area contributed by atoms with Gasteiger partial charge in [-0.1, -0.05) is 11.8 Å². The fourth-order valence-electron chi connectivity index (χ4n) is 1.32. The standard InChI is InChI=1S/C20H38N2.2HI/c1-19(2,21(5,6)7)17-15-13-11-12-14-16-18-20(3,4)22(8,9)10;;/h11-14H2,1-10H3;2*1H/q+2;;/p-2. The maximum atomic E-state index is 3.42. The molecule has 0 radical (unpaired) electrons. The van der Waals surface area contributed by atoms with Gasteiger partial charge < -0.3 is 56.9 Å². The molecule has 24 heavy (non-hydrogen) atoms. The highest BCUT2D eigenvalue weighted by molar-refractivity contribution is 5.12. The predicted molar refractivity (Wildman–Crippen MR) is 98.2 cm³/mol. The second-order valence-corrected chi connectivity index (χ2v) is 8.95. The van der Waals surface area contributed by atoms with Gasteiger partial charge in [0.05, 0.1) is 42.3 Å². The number of quaternary nitrogens is 2. The Hall–Kier alpha value is 0.500. The molecule has 0 atom stereocenters. The van der Waals surface area contributed by atoms with Gasteiger partial charge in [0.1, 0.15) is 0 Å². The van der Waals surface area contributed by atoms with Crippen molar-refractivity contribution >= 4 is 0 Å². The van der Waals surface area contributed by atoms with Crippen molar-refractivity contribution in [2.75, 3.05) is 42.3 Å². The third-order valence-electron chi connectivity index (χ3n) is 5.00. The average molecular weight is 560 g/mol. The van der Waals surface area contributed by atoms with E-state index in [1.807, 2.05) is 0 Å². The molecule has 0 aliphatic heterocycles. The largest absolute Gasteiger partial charge is 1.00 e.